The van der Waals surface area contributed by atoms with Gasteiger partial charge in [0, 0.05) is 12.2 Å². The van der Waals surface area contributed by atoms with E-state index in [1.165, 1.54) is 0 Å². The summed E-state index contributed by atoms with van der Waals surface area (Å²) < 4.78 is 38.8. The third-order valence-electron chi connectivity index (χ3n) is 2.54. The smallest absolute Gasteiger partial charge is 0.322 e. The highest BCUT2D eigenvalue weighted by Crippen LogP contribution is 2.28. The van der Waals surface area contributed by atoms with Gasteiger partial charge >= 0.3 is 6.18 Å². The van der Waals surface area contributed by atoms with E-state index in [1.807, 2.05) is 0 Å². The van der Waals surface area contributed by atoms with E-state index >= 15 is 0 Å². The Hall–Kier alpha value is -0.850. The Morgan fingerprint density at radius 2 is 2.06 bits per heavy atom. The van der Waals surface area contributed by atoms with Gasteiger partial charge in [-0.1, -0.05) is 0 Å². The summed E-state index contributed by atoms with van der Waals surface area (Å²) in [6.07, 6.45) is -2.71. The Kier molecular flexibility index (Phi) is 2.81. The molecule has 2 heterocycles. The van der Waals surface area contributed by atoms with Gasteiger partial charge in [0.05, 0.1) is 0 Å². The Labute approximate surface area is 97.8 Å². The van der Waals surface area contributed by atoms with E-state index in [2.05, 4.69) is 20.9 Å². The van der Waals surface area contributed by atoms with Crippen LogP contribution in [-0.4, -0.2) is 21.5 Å². The van der Waals surface area contributed by atoms with Crippen LogP contribution >= 0.6 is 15.9 Å². The number of carbonyl (C=O) groups excluding carboxylic acids is 1. The average Bonchev–Trinajstić information content (AvgIpc) is 2.55. The average molecular weight is 297 g/mol. The molecule has 1 aromatic heterocycles. The van der Waals surface area contributed by atoms with Crippen LogP contribution in [-0.2, 0) is 13.0 Å². The summed E-state index contributed by atoms with van der Waals surface area (Å²) >= 11 is 3.07. The van der Waals surface area contributed by atoms with Crippen LogP contribution in [0.3, 0.4) is 0 Å². The molecule has 7 heteroatoms. The van der Waals surface area contributed by atoms with Crippen LogP contribution in [0, 0.1) is 0 Å². The summed E-state index contributed by atoms with van der Waals surface area (Å²) in [6.45, 7) is 0.605. The third kappa shape index (κ3) is 1.88. The van der Waals surface area contributed by atoms with Crippen molar-refractivity contribution in [2.75, 3.05) is 0 Å². The van der Waals surface area contributed by atoms with Crippen LogP contribution in [0.4, 0.5) is 13.2 Å². The fraction of sp³-hybridized carbons (Fsp3) is 0.556. The largest absolute Gasteiger partial charge is 0.456 e. The normalized spacial score (nSPS) is 16.0. The summed E-state index contributed by atoms with van der Waals surface area (Å²) in [5.41, 5.74) is -0.0699. The Morgan fingerprint density at radius 3 is 2.69 bits per heavy atom. The number of hydrogen-bond donors (Lipinski definition) is 0. The highest BCUT2D eigenvalue weighted by atomic mass is 79.9. The summed E-state index contributed by atoms with van der Waals surface area (Å²) in [7, 11) is 0. The van der Waals surface area contributed by atoms with Crippen molar-refractivity contribution in [2.24, 2.45) is 0 Å². The number of alkyl halides is 3. The number of fused-ring (bicyclic) bond motifs is 1. The van der Waals surface area contributed by atoms with E-state index in [0.29, 0.717) is 23.4 Å². The number of ketones is 1. The SMILES string of the molecule is O=C(c1nc(Br)n2c1CCCC2)C(F)(F)F. The van der Waals surface area contributed by atoms with Crippen LogP contribution in [0.25, 0.3) is 0 Å². The Balaban J connectivity index is 2.46. The van der Waals surface area contributed by atoms with Gasteiger partial charge in [-0.05, 0) is 35.2 Å². The number of aromatic nitrogens is 2. The van der Waals surface area contributed by atoms with E-state index in [1.54, 1.807) is 4.57 Å². The van der Waals surface area contributed by atoms with Crippen LogP contribution in [0.2, 0.25) is 0 Å². The summed E-state index contributed by atoms with van der Waals surface area (Å²) in [5.74, 6) is -1.86. The molecule has 88 valence electrons. The lowest BCUT2D eigenvalue weighted by molar-refractivity contribution is -0.0888. The lowest BCUT2D eigenvalue weighted by Crippen LogP contribution is -2.25. The zero-order valence-electron chi connectivity index (χ0n) is 8.14. The quantitative estimate of drug-likeness (QED) is 0.747. The van der Waals surface area contributed by atoms with E-state index in [0.717, 1.165) is 12.8 Å². The fourth-order valence-electron chi connectivity index (χ4n) is 1.82. The maximum absolute atomic E-state index is 12.3. The van der Waals surface area contributed by atoms with Crippen LogP contribution in [0.5, 0.6) is 0 Å². The Bertz CT molecular complexity index is 439. The minimum absolute atomic E-state index is 0.301. The monoisotopic (exact) mass is 296 g/mol. The maximum Gasteiger partial charge on any atom is 0.456 e. The molecule has 0 aliphatic carbocycles. The molecule has 1 aliphatic heterocycles. The molecule has 0 spiro atoms. The lowest BCUT2D eigenvalue weighted by atomic mass is 10.1. The molecular formula is C9H8BrF3N2O. The molecule has 0 unspecified atom stereocenters. The molecule has 0 atom stereocenters. The van der Waals surface area contributed by atoms with E-state index in [-0.39, 0.29) is 0 Å². The molecular weight excluding hydrogens is 289 g/mol. The fourth-order valence-corrected chi connectivity index (χ4v) is 2.38. The standard InChI is InChI=1S/C9H8BrF3N2O/c10-8-14-6(7(16)9(11,12)13)5-3-1-2-4-15(5)8/h1-4H2. The summed E-state index contributed by atoms with van der Waals surface area (Å²) in [4.78, 5) is 14.8. The van der Waals surface area contributed by atoms with Crippen molar-refractivity contribution in [3.63, 3.8) is 0 Å². The Morgan fingerprint density at radius 1 is 1.38 bits per heavy atom. The van der Waals surface area contributed by atoms with Crippen LogP contribution in [0.1, 0.15) is 29.0 Å². The van der Waals surface area contributed by atoms with E-state index < -0.39 is 17.7 Å². The highest BCUT2D eigenvalue weighted by Gasteiger charge is 2.43. The van der Waals surface area contributed by atoms with Gasteiger partial charge in [0.1, 0.15) is 5.69 Å². The second-order valence-electron chi connectivity index (χ2n) is 3.61. The second kappa shape index (κ2) is 3.87. The first-order valence-corrected chi connectivity index (χ1v) is 5.57. The van der Waals surface area contributed by atoms with E-state index in [4.69, 9.17) is 0 Å². The van der Waals surface area contributed by atoms with Crippen molar-refractivity contribution in [2.45, 2.75) is 32.0 Å². The van der Waals surface area contributed by atoms with Crippen molar-refractivity contribution < 1.29 is 18.0 Å². The zero-order chi connectivity index (χ0) is 11.9. The highest BCUT2D eigenvalue weighted by molar-refractivity contribution is 9.10. The van der Waals surface area contributed by atoms with Gasteiger partial charge in [-0.3, -0.25) is 4.79 Å². The van der Waals surface area contributed by atoms with Gasteiger partial charge in [0.25, 0.3) is 5.78 Å². The number of Topliss-reactive ketones (excluding diaryl/α,β-unsaturated/α-hetero) is 1. The van der Waals surface area contributed by atoms with Gasteiger partial charge in [-0.2, -0.15) is 13.2 Å². The van der Waals surface area contributed by atoms with Crippen molar-refractivity contribution in [1.29, 1.82) is 0 Å². The van der Waals surface area contributed by atoms with Crippen LogP contribution < -0.4 is 0 Å². The molecule has 1 aliphatic rings. The zero-order valence-corrected chi connectivity index (χ0v) is 9.73. The van der Waals surface area contributed by atoms with Gasteiger partial charge in [-0.15, -0.1) is 0 Å². The molecule has 0 N–H and O–H groups in total. The molecule has 1 aromatic rings. The van der Waals surface area contributed by atoms with Crippen molar-refractivity contribution >= 4 is 21.7 Å². The van der Waals surface area contributed by atoms with Gasteiger partial charge in [0.15, 0.2) is 4.73 Å². The first-order valence-electron chi connectivity index (χ1n) is 4.77. The molecule has 0 amide bonds. The number of imidazole rings is 1. The number of nitrogens with zero attached hydrogens (tertiary/aromatic N) is 2. The second-order valence-corrected chi connectivity index (χ2v) is 4.32. The van der Waals surface area contributed by atoms with Gasteiger partial charge in [-0.25, -0.2) is 4.98 Å². The molecule has 2 rings (SSSR count). The molecule has 0 saturated heterocycles. The molecule has 0 saturated carbocycles. The third-order valence-corrected chi connectivity index (χ3v) is 3.15. The summed E-state index contributed by atoms with van der Waals surface area (Å²) in [6, 6.07) is 0. The molecule has 0 fully saturated rings. The number of halogens is 4. The van der Waals surface area contributed by atoms with Crippen molar-refractivity contribution in [1.82, 2.24) is 9.55 Å². The summed E-state index contributed by atoms with van der Waals surface area (Å²) in [5, 5.41) is 0. The minimum Gasteiger partial charge on any atom is -0.322 e. The number of rotatable bonds is 1. The molecule has 0 aromatic carbocycles. The lowest BCUT2D eigenvalue weighted by Gasteiger charge is -2.15. The molecule has 16 heavy (non-hydrogen) atoms. The minimum atomic E-state index is -4.85. The first-order chi connectivity index (χ1) is 7.41. The number of carbonyl (C=O) groups is 1. The topological polar surface area (TPSA) is 34.9 Å². The molecule has 0 radical (unpaired) electrons. The number of hydrogen-bond acceptors (Lipinski definition) is 2. The first kappa shape index (κ1) is 11.6. The van der Waals surface area contributed by atoms with E-state index in [9.17, 15) is 18.0 Å². The van der Waals surface area contributed by atoms with Gasteiger partial charge < -0.3 is 4.57 Å². The predicted molar refractivity (Wildman–Crippen MR) is 53.3 cm³/mol. The van der Waals surface area contributed by atoms with Crippen LogP contribution in [0.15, 0.2) is 4.73 Å². The molecule has 0 bridgehead atoms. The van der Waals surface area contributed by atoms with Crippen molar-refractivity contribution in [3.05, 3.63) is 16.1 Å². The van der Waals surface area contributed by atoms with Crippen molar-refractivity contribution in [3.8, 4) is 0 Å². The predicted octanol–water partition coefficient (Wildman–Crippen LogP) is 2.73. The molecule has 3 nitrogen and oxygen atoms in total. The maximum atomic E-state index is 12.3. The van der Waals surface area contributed by atoms with Gasteiger partial charge in [0.2, 0.25) is 0 Å².